The van der Waals surface area contributed by atoms with Crippen LogP contribution in [0.25, 0.3) is 0 Å². The third-order valence-corrected chi connectivity index (χ3v) is 4.17. The highest BCUT2D eigenvalue weighted by Gasteiger charge is 2.30. The molecular weight excluding hydrogens is 268 g/mol. The van der Waals surface area contributed by atoms with E-state index >= 15 is 0 Å². The van der Waals surface area contributed by atoms with Crippen molar-refractivity contribution in [3.63, 3.8) is 0 Å². The molecule has 3 N–H and O–H groups in total. The molecule has 0 aromatic heterocycles. The van der Waals surface area contributed by atoms with Gasteiger partial charge in [0.1, 0.15) is 6.04 Å². The number of carbonyl (C=O) groups excluding carboxylic acids is 1. The number of carboxylic acids is 1. The van der Waals surface area contributed by atoms with E-state index in [1.807, 2.05) is 38.1 Å². The molecule has 0 spiro atoms. The van der Waals surface area contributed by atoms with Crippen LogP contribution in [0.1, 0.15) is 31.4 Å². The maximum Gasteiger partial charge on any atom is 0.326 e. The van der Waals surface area contributed by atoms with Crippen LogP contribution in [0.5, 0.6) is 0 Å². The Morgan fingerprint density at radius 1 is 1.38 bits per heavy atom. The maximum atomic E-state index is 12.3. The number of hydrogen-bond acceptors (Lipinski definition) is 3. The molecule has 5 heteroatoms. The molecule has 0 aliphatic carbocycles. The lowest BCUT2D eigenvalue weighted by molar-refractivity contribution is -0.143. The van der Waals surface area contributed by atoms with Crippen molar-refractivity contribution >= 4 is 11.9 Å². The zero-order valence-corrected chi connectivity index (χ0v) is 12.4. The molecule has 1 heterocycles. The fraction of sp³-hybridized carbons (Fsp3) is 0.500. The molecule has 2 unspecified atom stereocenters. The summed E-state index contributed by atoms with van der Waals surface area (Å²) in [7, 11) is 0. The Morgan fingerprint density at radius 2 is 2.05 bits per heavy atom. The van der Waals surface area contributed by atoms with E-state index in [4.69, 9.17) is 0 Å². The molecule has 1 aromatic carbocycles. The van der Waals surface area contributed by atoms with Crippen LogP contribution in [0.15, 0.2) is 24.3 Å². The van der Waals surface area contributed by atoms with E-state index in [1.165, 1.54) is 5.56 Å². The molecule has 1 aliphatic heterocycles. The Bertz CT molecular complexity index is 530. The fourth-order valence-corrected chi connectivity index (χ4v) is 2.58. The summed E-state index contributed by atoms with van der Waals surface area (Å²) < 4.78 is 0. The third-order valence-electron chi connectivity index (χ3n) is 4.17. The van der Waals surface area contributed by atoms with Crippen molar-refractivity contribution in [2.24, 2.45) is 5.92 Å². The maximum absolute atomic E-state index is 12.3. The normalized spacial score (nSPS) is 20.2. The van der Waals surface area contributed by atoms with Crippen molar-refractivity contribution in [2.75, 3.05) is 0 Å². The fourth-order valence-electron chi connectivity index (χ4n) is 2.58. The average molecular weight is 290 g/mol. The lowest BCUT2D eigenvalue weighted by Crippen LogP contribution is -2.54. The minimum absolute atomic E-state index is 0.0951. The first-order valence-corrected chi connectivity index (χ1v) is 7.36. The van der Waals surface area contributed by atoms with Crippen LogP contribution in [0, 0.1) is 5.92 Å². The number of hydrogen-bond donors (Lipinski definition) is 3. The number of carboxylic acid groups (broad SMARTS) is 1. The Morgan fingerprint density at radius 3 is 2.67 bits per heavy atom. The lowest BCUT2D eigenvalue weighted by Gasteiger charge is -2.28. The second-order valence-corrected chi connectivity index (χ2v) is 5.62. The largest absolute Gasteiger partial charge is 0.480 e. The zero-order valence-electron chi connectivity index (χ0n) is 12.4. The summed E-state index contributed by atoms with van der Waals surface area (Å²) in [5.41, 5.74) is 2.34. The smallest absolute Gasteiger partial charge is 0.326 e. The molecule has 1 amide bonds. The molecule has 1 aromatic rings. The highest BCUT2D eigenvalue weighted by molar-refractivity contribution is 5.87. The quantitative estimate of drug-likeness (QED) is 0.764. The van der Waals surface area contributed by atoms with Gasteiger partial charge >= 0.3 is 5.97 Å². The van der Waals surface area contributed by atoms with Gasteiger partial charge in [0.05, 0.1) is 6.04 Å². The van der Waals surface area contributed by atoms with Crippen LogP contribution in [0.4, 0.5) is 0 Å². The first-order valence-electron chi connectivity index (χ1n) is 7.36. The Labute approximate surface area is 124 Å². The van der Waals surface area contributed by atoms with E-state index in [-0.39, 0.29) is 17.9 Å². The highest BCUT2D eigenvalue weighted by Crippen LogP contribution is 2.17. The Kier molecular flexibility index (Phi) is 4.96. The SMILES string of the molecule is CCC(C)C(NC(=O)[C@@H]1Cc2ccccc2CN1)C(=O)O. The van der Waals surface area contributed by atoms with Crippen LogP contribution in [0.2, 0.25) is 0 Å². The van der Waals surface area contributed by atoms with Crippen molar-refractivity contribution in [1.82, 2.24) is 10.6 Å². The Balaban J connectivity index is 2.03. The summed E-state index contributed by atoms with van der Waals surface area (Å²) >= 11 is 0. The summed E-state index contributed by atoms with van der Waals surface area (Å²) in [6.07, 6.45) is 1.30. The minimum Gasteiger partial charge on any atom is -0.480 e. The van der Waals surface area contributed by atoms with Gasteiger partial charge < -0.3 is 15.7 Å². The average Bonchev–Trinajstić information content (AvgIpc) is 2.50. The van der Waals surface area contributed by atoms with Gasteiger partial charge in [-0.05, 0) is 23.5 Å². The number of nitrogens with one attached hydrogen (secondary N) is 2. The first-order chi connectivity index (χ1) is 10.0. The topological polar surface area (TPSA) is 78.4 Å². The molecule has 0 fully saturated rings. The standard InChI is InChI=1S/C16H22N2O3/c1-3-10(2)14(16(20)21)18-15(19)13-8-11-6-4-5-7-12(11)9-17-13/h4-7,10,13-14,17H,3,8-9H2,1-2H3,(H,18,19)(H,20,21)/t10?,13-,14?/m0/s1. The van der Waals surface area contributed by atoms with E-state index in [0.717, 1.165) is 5.56 Å². The van der Waals surface area contributed by atoms with Gasteiger partial charge in [-0.1, -0.05) is 44.5 Å². The summed E-state index contributed by atoms with van der Waals surface area (Å²) in [5.74, 6) is -1.31. The van der Waals surface area contributed by atoms with Gasteiger partial charge in [-0.15, -0.1) is 0 Å². The van der Waals surface area contributed by atoms with Crippen molar-refractivity contribution in [3.05, 3.63) is 35.4 Å². The van der Waals surface area contributed by atoms with Crippen molar-refractivity contribution in [1.29, 1.82) is 0 Å². The number of benzene rings is 1. The van der Waals surface area contributed by atoms with E-state index < -0.39 is 12.0 Å². The molecule has 114 valence electrons. The van der Waals surface area contributed by atoms with Gasteiger partial charge in [0.25, 0.3) is 0 Å². The molecule has 1 aliphatic rings. The van der Waals surface area contributed by atoms with Crippen molar-refractivity contribution < 1.29 is 14.7 Å². The molecule has 21 heavy (non-hydrogen) atoms. The van der Waals surface area contributed by atoms with Gasteiger partial charge in [0.2, 0.25) is 5.91 Å². The lowest BCUT2D eigenvalue weighted by atomic mass is 9.94. The molecule has 3 atom stereocenters. The monoisotopic (exact) mass is 290 g/mol. The van der Waals surface area contributed by atoms with Crippen molar-refractivity contribution in [2.45, 2.75) is 45.3 Å². The number of aliphatic carboxylic acids is 1. The van der Waals surface area contributed by atoms with Crippen LogP contribution in [-0.2, 0) is 22.6 Å². The molecule has 0 radical (unpaired) electrons. The molecule has 0 saturated carbocycles. The zero-order chi connectivity index (χ0) is 15.4. The van der Waals surface area contributed by atoms with Gasteiger partial charge in [0.15, 0.2) is 0 Å². The first kappa shape index (κ1) is 15.5. The number of fused-ring (bicyclic) bond motifs is 1. The number of carbonyl (C=O) groups is 2. The summed E-state index contributed by atoms with van der Waals surface area (Å²) in [4.78, 5) is 23.6. The number of amides is 1. The van der Waals surface area contributed by atoms with E-state index in [9.17, 15) is 14.7 Å². The molecular formula is C16H22N2O3. The van der Waals surface area contributed by atoms with E-state index in [0.29, 0.717) is 19.4 Å². The molecule has 5 nitrogen and oxygen atoms in total. The van der Waals surface area contributed by atoms with E-state index in [1.54, 1.807) is 0 Å². The predicted octanol–water partition coefficient (Wildman–Crippen LogP) is 1.32. The van der Waals surface area contributed by atoms with E-state index in [2.05, 4.69) is 10.6 Å². The third kappa shape index (κ3) is 3.61. The van der Waals surface area contributed by atoms with Gasteiger partial charge in [-0.2, -0.15) is 0 Å². The second-order valence-electron chi connectivity index (χ2n) is 5.62. The summed E-state index contributed by atoms with van der Waals surface area (Å²) in [6.45, 7) is 4.39. The molecule has 0 bridgehead atoms. The van der Waals surface area contributed by atoms with Crippen LogP contribution < -0.4 is 10.6 Å². The van der Waals surface area contributed by atoms with Crippen LogP contribution in [-0.4, -0.2) is 29.1 Å². The predicted molar refractivity (Wildman–Crippen MR) is 79.8 cm³/mol. The molecule has 2 rings (SSSR count). The second kappa shape index (κ2) is 6.72. The summed E-state index contributed by atoms with van der Waals surface area (Å²) in [6, 6.07) is 6.78. The minimum atomic E-state index is -0.978. The van der Waals surface area contributed by atoms with Crippen LogP contribution >= 0.6 is 0 Å². The molecule has 0 saturated heterocycles. The van der Waals surface area contributed by atoms with Gasteiger partial charge in [-0.3, -0.25) is 4.79 Å². The van der Waals surface area contributed by atoms with Crippen LogP contribution in [0.3, 0.4) is 0 Å². The number of rotatable bonds is 5. The van der Waals surface area contributed by atoms with Gasteiger partial charge in [0, 0.05) is 6.54 Å². The summed E-state index contributed by atoms with van der Waals surface area (Å²) in [5, 5.41) is 15.1. The van der Waals surface area contributed by atoms with Gasteiger partial charge in [-0.25, -0.2) is 4.79 Å². The highest BCUT2D eigenvalue weighted by atomic mass is 16.4. The van der Waals surface area contributed by atoms with Crippen molar-refractivity contribution in [3.8, 4) is 0 Å². The Hall–Kier alpha value is -1.88.